The Balaban J connectivity index is 1.48. The van der Waals surface area contributed by atoms with Crippen molar-refractivity contribution in [3.05, 3.63) is 87.7 Å². The molecule has 1 aliphatic rings. The lowest BCUT2D eigenvalue weighted by molar-refractivity contribution is 0.0937. The lowest BCUT2D eigenvalue weighted by Crippen LogP contribution is -2.37. The molecule has 1 saturated heterocycles. The van der Waals surface area contributed by atoms with Gasteiger partial charge >= 0.3 is 0 Å². The summed E-state index contributed by atoms with van der Waals surface area (Å²) in [4.78, 5) is 15.5. The number of rotatable bonds is 7. The number of halogens is 1. The maximum absolute atomic E-state index is 13.1. The smallest absolute Gasteiger partial charge is 0.256 e. The number of aryl methyl sites for hydroxylation is 2. The molecule has 0 saturated carbocycles. The van der Waals surface area contributed by atoms with Crippen molar-refractivity contribution in [2.24, 2.45) is 0 Å². The monoisotopic (exact) mass is 436 g/mol. The summed E-state index contributed by atoms with van der Waals surface area (Å²) in [7, 11) is 0. The summed E-state index contributed by atoms with van der Waals surface area (Å²) in [6.07, 6.45) is 2.40. The Bertz CT molecular complexity index is 1020. The van der Waals surface area contributed by atoms with E-state index in [1.54, 1.807) is 4.68 Å². The first-order valence-electron chi connectivity index (χ1n) is 10.9. The van der Waals surface area contributed by atoms with E-state index in [0.29, 0.717) is 29.5 Å². The Morgan fingerprint density at radius 2 is 1.74 bits per heavy atom. The van der Waals surface area contributed by atoms with Crippen LogP contribution < -0.4 is 5.32 Å². The van der Waals surface area contributed by atoms with E-state index in [0.717, 1.165) is 18.7 Å². The summed E-state index contributed by atoms with van der Waals surface area (Å²) in [6.45, 7) is 7.09. The van der Waals surface area contributed by atoms with Gasteiger partial charge in [0.1, 0.15) is 5.15 Å². The van der Waals surface area contributed by atoms with Gasteiger partial charge in [0.15, 0.2) is 0 Å². The second kappa shape index (κ2) is 9.67. The van der Waals surface area contributed by atoms with Crippen molar-refractivity contribution < 1.29 is 4.79 Å². The molecule has 0 radical (unpaired) electrons. The van der Waals surface area contributed by atoms with Crippen LogP contribution >= 0.6 is 11.6 Å². The van der Waals surface area contributed by atoms with E-state index >= 15 is 0 Å². The van der Waals surface area contributed by atoms with E-state index in [-0.39, 0.29) is 11.9 Å². The molecule has 2 aromatic carbocycles. The minimum absolute atomic E-state index is 0.161. The molecule has 0 bridgehead atoms. The van der Waals surface area contributed by atoms with Crippen LogP contribution in [0.2, 0.25) is 5.15 Å². The first kappa shape index (κ1) is 21.6. The largest absolute Gasteiger partial charge is 0.350 e. The standard InChI is InChI=1S/C25H29ClN4O/c1-18-10-12-20(13-11-18)17-30-24(26)23(19(2)28-30)25(31)27-16-22(29-14-6-7-15-29)21-8-4-3-5-9-21/h3-5,8-13,22H,6-7,14-17H2,1-2H3,(H,27,31)/t22-/m0/s1. The third-order valence-electron chi connectivity index (χ3n) is 5.97. The Kier molecular flexibility index (Phi) is 6.73. The third kappa shape index (κ3) is 5.00. The number of benzene rings is 2. The molecule has 0 unspecified atom stereocenters. The molecule has 1 aromatic heterocycles. The number of amides is 1. The Labute approximate surface area is 189 Å². The molecule has 4 rings (SSSR count). The van der Waals surface area contributed by atoms with Crippen LogP contribution in [0, 0.1) is 13.8 Å². The van der Waals surface area contributed by atoms with Gasteiger partial charge in [-0.05, 0) is 50.9 Å². The zero-order valence-electron chi connectivity index (χ0n) is 18.1. The molecule has 5 nitrogen and oxygen atoms in total. The Hall–Kier alpha value is -2.63. The van der Waals surface area contributed by atoms with Gasteiger partial charge in [0.2, 0.25) is 0 Å². The summed E-state index contributed by atoms with van der Waals surface area (Å²) in [6, 6.07) is 18.8. The van der Waals surface area contributed by atoms with Crippen molar-refractivity contribution >= 4 is 17.5 Å². The number of hydrogen-bond donors (Lipinski definition) is 1. The quantitative estimate of drug-likeness (QED) is 0.580. The van der Waals surface area contributed by atoms with E-state index in [2.05, 4.69) is 70.8 Å². The van der Waals surface area contributed by atoms with Gasteiger partial charge in [-0.2, -0.15) is 5.10 Å². The highest BCUT2D eigenvalue weighted by molar-refractivity contribution is 6.33. The van der Waals surface area contributed by atoms with Crippen molar-refractivity contribution in [3.63, 3.8) is 0 Å². The minimum atomic E-state index is -0.169. The first-order valence-corrected chi connectivity index (χ1v) is 11.3. The summed E-state index contributed by atoms with van der Waals surface area (Å²) in [5.41, 5.74) is 4.63. The van der Waals surface area contributed by atoms with Crippen LogP contribution in [0.5, 0.6) is 0 Å². The van der Waals surface area contributed by atoms with Crippen LogP contribution in [0.1, 0.15) is 51.6 Å². The number of nitrogens with one attached hydrogen (secondary N) is 1. The topological polar surface area (TPSA) is 50.2 Å². The number of nitrogens with zero attached hydrogens (tertiary/aromatic N) is 3. The van der Waals surface area contributed by atoms with E-state index in [1.807, 2.05) is 13.0 Å². The number of carbonyl (C=O) groups excluding carboxylic acids is 1. The van der Waals surface area contributed by atoms with Gasteiger partial charge in [-0.15, -0.1) is 0 Å². The third-order valence-corrected chi connectivity index (χ3v) is 6.35. The van der Waals surface area contributed by atoms with E-state index in [4.69, 9.17) is 11.6 Å². The van der Waals surface area contributed by atoms with Gasteiger partial charge in [-0.1, -0.05) is 71.8 Å². The summed E-state index contributed by atoms with van der Waals surface area (Å²) < 4.78 is 1.70. The van der Waals surface area contributed by atoms with Crippen molar-refractivity contribution in [1.29, 1.82) is 0 Å². The minimum Gasteiger partial charge on any atom is -0.350 e. The molecule has 6 heteroatoms. The van der Waals surface area contributed by atoms with Crippen molar-refractivity contribution in [2.45, 2.75) is 39.3 Å². The molecule has 1 fully saturated rings. The molecule has 3 aromatic rings. The van der Waals surface area contributed by atoms with Crippen LogP contribution in [-0.2, 0) is 6.54 Å². The fourth-order valence-electron chi connectivity index (χ4n) is 4.25. The van der Waals surface area contributed by atoms with Crippen molar-refractivity contribution in [2.75, 3.05) is 19.6 Å². The fourth-order valence-corrected chi connectivity index (χ4v) is 4.57. The highest BCUT2D eigenvalue weighted by atomic mass is 35.5. The summed E-state index contributed by atoms with van der Waals surface area (Å²) >= 11 is 6.59. The van der Waals surface area contributed by atoms with Gasteiger partial charge in [-0.3, -0.25) is 9.69 Å². The van der Waals surface area contributed by atoms with Crippen molar-refractivity contribution in [3.8, 4) is 0 Å². The first-order chi connectivity index (χ1) is 15.0. The molecular formula is C25H29ClN4O. The van der Waals surface area contributed by atoms with Crippen LogP contribution in [0.4, 0.5) is 0 Å². The average molecular weight is 437 g/mol. The Morgan fingerprint density at radius 3 is 2.42 bits per heavy atom. The van der Waals surface area contributed by atoms with Gasteiger partial charge in [0, 0.05) is 6.54 Å². The highest BCUT2D eigenvalue weighted by Gasteiger charge is 2.26. The van der Waals surface area contributed by atoms with Gasteiger partial charge in [0.05, 0.1) is 23.8 Å². The van der Waals surface area contributed by atoms with Crippen LogP contribution in [-0.4, -0.2) is 40.2 Å². The molecular weight excluding hydrogens is 408 g/mol. The molecule has 1 atom stereocenters. The number of likely N-dealkylation sites (tertiary alicyclic amines) is 1. The predicted molar refractivity (Wildman–Crippen MR) is 125 cm³/mol. The molecule has 31 heavy (non-hydrogen) atoms. The molecule has 0 spiro atoms. The summed E-state index contributed by atoms with van der Waals surface area (Å²) in [5.74, 6) is -0.169. The average Bonchev–Trinajstić information content (AvgIpc) is 3.39. The maximum Gasteiger partial charge on any atom is 0.256 e. The molecule has 2 heterocycles. The van der Waals surface area contributed by atoms with E-state index in [1.165, 1.54) is 24.0 Å². The summed E-state index contributed by atoms with van der Waals surface area (Å²) in [5, 5.41) is 8.03. The van der Waals surface area contributed by atoms with Gasteiger partial charge < -0.3 is 5.32 Å². The molecule has 162 valence electrons. The SMILES string of the molecule is Cc1ccc(Cn2nc(C)c(C(=O)NC[C@@H](c3ccccc3)N3CCCC3)c2Cl)cc1. The highest BCUT2D eigenvalue weighted by Crippen LogP contribution is 2.25. The second-order valence-corrected chi connectivity index (χ2v) is 8.63. The zero-order valence-corrected chi connectivity index (χ0v) is 18.9. The molecule has 1 aliphatic heterocycles. The normalized spacial score (nSPS) is 15.2. The molecule has 0 aliphatic carbocycles. The maximum atomic E-state index is 13.1. The van der Waals surface area contributed by atoms with Gasteiger partial charge in [-0.25, -0.2) is 4.68 Å². The molecule has 1 amide bonds. The van der Waals surface area contributed by atoms with Crippen LogP contribution in [0.15, 0.2) is 54.6 Å². The lowest BCUT2D eigenvalue weighted by Gasteiger charge is -2.28. The Morgan fingerprint density at radius 1 is 1.06 bits per heavy atom. The lowest BCUT2D eigenvalue weighted by atomic mass is 10.1. The van der Waals surface area contributed by atoms with Crippen LogP contribution in [0.3, 0.4) is 0 Å². The van der Waals surface area contributed by atoms with E-state index in [9.17, 15) is 4.79 Å². The second-order valence-electron chi connectivity index (χ2n) is 8.27. The number of carbonyl (C=O) groups is 1. The fraction of sp³-hybridized carbons (Fsp3) is 0.360. The van der Waals surface area contributed by atoms with Crippen molar-refractivity contribution in [1.82, 2.24) is 20.0 Å². The van der Waals surface area contributed by atoms with E-state index < -0.39 is 0 Å². The number of aromatic nitrogens is 2. The zero-order chi connectivity index (χ0) is 21.8. The predicted octanol–water partition coefficient (Wildman–Crippen LogP) is 4.77. The number of hydrogen-bond acceptors (Lipinski definition) is 3. The molecule has 1 N–H and O–H groups in total. The van der Waals surface area contributed by atoms with Crippen LogP contribution in [0.25, 0.3) is 0 Å². The van der Waals surface area contributed by atoms with Gasteiger partial charge in [0.25, 0.3) is 5.91 Å².